The van der Waals surface area contributed by atoms with Crippen LogP contribution in [0.3, 0.4) is 0 Å². The van der Waals surface area contributed by atoms with E-state index in [1.54, 1.807) is 0 Å². The highest BCUT2D eigenvalue weighted by atomic mass is 15.2. The van der Waals surface area contributed by atoms with Crippen molar-refractivity contribution in [1.29, 1.82) is 0 Å². The van der Waals surface area contributed by atoms with Gasteiger partial charge in [-0.05, 0) is 40.3 Å². The molecule has 0 saturated carbocycles. The Labute approximate surface area is 284 Å². The minimum absolute atomic E-state index is 0.714. The fourth-order valence-electron chi connectivity index (χ4n) is 6.62. The normalized spacial score (nSPS) is 11.3. The van der Waals surface area contributed by atoms with E-state index in [-0.39, 0.29) is 0 Å². The zero-order valence-electron chi connectivity index (χ0n) is 26.6. The molecule has 3 aromatic heterocycles. The second kappa shape index (κ2) is 12.2. The number of hydrogen-bond acceptors (Lipinski definition) is 3. The summed E-state index contributed by atoms with van der Waals surface area (Å²) in [6.45, 7) is 0. The third-order valence-corrected chi connectivity index (χ3v) is 9.09. The van der Waals surface area contributed by atoms with Crippen molar-refractivity contribution in [2.24, 2.45) is 0 Å². The molecule has 0 fully saturated rings. The summed E-state index contributed by atoms with van der Waals surface area (Å²) >= 11 is 0. The molecule has 230 valence electrons. The highest BCUT2D eigenvalue weighted by Gasteiger charge is 2.16. The van der Waals surface area contributed by atoms with E-state index in [4.69, 9.17) is 15.1 Å². The van der Waals surface area contributed by atoms with Crippen LogP contribution >= 0.6 is 0 Å². The van der Waals surface area contributed by atoms with E-state index in [1.807, 2.05) is 42.6 Å². The predicted octanol–water partition coefficient (Wildman–Crippen LogP) is 11.3. The van der Waals surface area contributed by atoms with Crippen molar-refractivity contribution in [2.75, 3.05) is 0 Å². The number of fused-ring (bicyclic) bond motifs is 3. The maximum atomic E-state index is 5.02. The Balaban J connectivity index is 1.15. The lowest BCUT2D eigenvalue weighted by atomic mass is 9.97. The molecule has 0 aliphatic rings. The molecule has 4 heteroatoms. The van der Waals surface area contributed by atoms with Crippen LogP contribution < -0.4 is 0 Å². The zero-order chi connectivity index (χ0) is 32.6. The highest BCUT2D eigenvalue weighted by molar-refractivity contribution is 6.06. The van der Waals surface area contributed by atoms with Crippen molar-refractivity contribution >= 4 is 16.3 Å². The number of rotatable bonds is 6. The van der Waals surface area contributed by atoms with Gasteiger partial charge in [-0.1, -0.05) is 158 Å². The molecule has 0 N–H and O–H groups in total. The van der Waals surface area contributed by atoms with E-state index >= 15 is 0 Å². The Kier molecular flexibility index (Phi) is 7.10. The molecule has 0 aliphatic heterocycles. The summed E-state index contributed by atoms with van der Waals surface area (Å²) in [6.07, 6.45) is 1.99. The van der Waals surface area contributed by atoms with Crippen molar-refractivity contribution in [3.63, 3.8) is 0 Å². The SMILES string of the molecule is c1ccc(-c2cc(-c3ccc(-c4ccc5c(c4)cc(-c4ccccc4)n4ncc(-c6ccccc6)c54)cc3)nc(-c3ccccc3)n2)cc1. The van der Waals surface area contributed by atoms with Gasteiger partial charge in [0.25, 0.3) is 0 Å². The van der Waals surface area contributed by atoms with E-state index in [2.05, 4.69) is 144 Å². The van der Waals surface area contributed by atoms with Gasteiger partial charge in [-0.15, -0.1) is 0 Å². The molecular weight excluding hydrogens is 597 g/mol. The Bertz CT molecular complexity index is 2500. The quantitative estimate of drug-likeness (QED) is 0.184. The lowest BCUT2D eigenvalue weighted by Crippen LogP contribution is -1.96. The van der Waals surface area contributed by atoms with Crippen LogP contribution in [0.25, 0.3) is 83.7 Å². The molecule has 0 aliphatic carbocycles. The van der Waals surface area contributed by atoms with Gasteiger partial charge in [0.15, 0.2) is 5.82 Å². The number of aromatic nitrogens is 4. The average Bonchev–Trinajstić information content (AvgIpc) is 3.64. The molecule has 6 aromatic carbocycles. The topological polar surface area (TPSA) is 43.1 Å². The first kappa shape index (κ1) is 28.6. The van der Waals surface area contributed by atoms with E-state index in [0.717, 1.165) is 67.1 Å². The lowest BCUT2D eigenvalue weighted by molar-refractivity contribution is 0.975. The average molecular weight is 627 g/mol. The Morgan fingerprint density at radius 2 is 0.898 bits per heavy atom. The molecular formula is C45H30N4. The third-order valence-electron chi connectivity index (χ3n) is 9.09. The molecule has 49 heavy (non-hydrogen) atoms. The molecule has 0 atom stereocenters. The minimum Gasteiger partial charge on any atom is -0.232 e. The zero-order valence-corrected chi connectivity index (χ0v) is 26.6. The molecule has 0 unspecified atom stereocenters. The van der Waals surface area contributed by atoms with E-state index in [9.17, 15) is 0 Å². The maximum absolute atomic E-state index is 5.02. The summed E-state index contributed by atoms with van der Waals surface area (Å²) in [6, 6.07) is 61.3. The van der Waals surface area contributed by atoms with Gasteiger partial charge in [0.1, 0.15) is 0 Å². The number of benzene rings is 6. The molecule has 9 aromatic rings. The second-order valence-corrected chi connectivity index (χ2v) is 12.2. The summed E-state index contributed by atoms with van der Waals surface area (Å²) in [4.78, 5) is 9.97. The highest BCUT2D eigenvalue weighted by Crippen LogP contribution is 2.37. The summed E-state index contributed by atoms with van der Waals surface area (Å²) < 4.78 is 2.09. The van der Waals surface area contributed by atoms with Crippen molar-refractivity contribution in [3.8, 4) is 67.4 Å². The van der Waals surface area contributed by atoms with Crippen LogP contribution in [0.4, 0.5) is 0 Å². The van der Waals surface area contributed by atoms with Crippen LogP contribution in [-0.2, 0) is 0 Å². The predicted molar refractivity (Wildman–Crippen MR) is 201 cm³/mol. The van der Waals surface area contributed by atoms with Crippen molar-refractivity contribution in [1.82, 2.24) is 19.6 Å². The minimum atomic E-state index is 0.714. The Morgan fingerprint density at radius 3 is 1.53 bits per heavy atom. The molecule has 4 nitrogen and oxygen atoms in total. The Hall–Kier alpha value is -6.65. The second-order valence-electron chi connectivity index (χ2n) is 12.2. The van der Waals surface area contributed by atoms with Gasteiger partial charge in [-0.25, -0.2) is 14.5 Å². The van der Waals surface area contributed by atoms with Gasteiger partial charge in [-0.3, -0.25) is 0 Å². The summed E-state index contributed by atoms with van der Waals surface area (Å²) in [7, 11) is 0. The van der Waals surface area contributed by atoms with Crippen LogP contribution in [0.1, 0.15) is 0 Å². The first-order chi connectivity index (χ1) is 24.3. The molecule has 0 radical (unpaired) electrons. The van der Waals surface area contributed by atoms with Crippen LogP contribution in [-0.4, -0.2) is 19.6 Å². The van der Waals surface area contributed by atoms with Gasteiger partial charge in [-0.2, -0.15) is 5.10 Å². The fourth-order valence-corrected chi connectivity index (χ4v) is 6.62. The largest absolute Gasteiger partial charge is 0.232 e. The molecule has 9 rings (SSSR count). The molecule has 0 amide bonds. The first-order valence-electron chi connectivity index (χ1n) is 16.4. The van der Waals surface area contributed by atoms with Gasteiger partial charge in [0.2, 0.25) is 0 Å². The van der Waals surface area contributed by atoms with Gasteiger partial charge in [0, 0.05) is 33.2 Å². The smallest absolute Gasteiger partial charge is 0.160 e. The van der Waals surface area contributed by atoms with E-state index in [0.29, 0.717) is 5.82 Å². The van der Waals surface area contributed by atoms with Crippen LogP contribution in [0, 0.1) is 0 Å². The summed E-state index contributed by atoms with van der Waals surface area (Å²) in [5.41, 5.74) is 12.8. The first-order valence-corrected chi connectivity index (χ1v) is 16.4. The maximum Gasteiger partial charge on any atom is 0.160 e. The lowest BCUT2D eigenvalue weighted by Gasteiger charge is -2.13. The summed E-state index contributed by atoms with van der Waals surface area (Å²) in [5.74, 6) is 0.714. The molecule has 3 heterocycles. The third kappa shape index (κ3) is 5.35. The Morgan fingerprint density at radius 1 is 0.388 bits per heavy atom. The van der Waals surface area contributed by atoms with Crippen molar-refractivity contribution in [3.05, 3.63) is 182 Å². The van der Waals surface area contributed by atoms with Crippen LogP contribution in [0.15, 0.2) is 182 Å². The van der Waals surface area contributed by atoms with E-state index in [1.165, 1.54) is 10.8 Å². The summed E-state index contributed by atoms with van der Waals surface area (Å²) in [5, 5.41) is 7.23. The monoisotopic (exact) mass is 626 g/mol. The molecule has 0 bridgehead atoms. The van der Waals surface area contributed by atoms with Gasteiger partial charge in [0.05, 0.1) is 28.8 Å². The fraction of sp³-hybridized carbons (Fsp3) is 0. The van der Waals surface area contributed by atoms with E-state index < -0.39 is 0 Å². The molecule has 0 spiro atoms. The van der Waals surface area contributed by atoms with Gasteiger partial charge < -0.3 is 0 Å². The van der Waals surface area contributed by atoms with Gasteiger partial charge >= 0.3 is 0 Å². The standard InChI is InChI=1S/C45H30N4/c1-5-13-32(14-6-1)40-30-46-49-43(35-17-9-3-10-18-35)28-38-27-37(25-26-39(38)44(40)49)31-21-23-34(24-22-31)42-29-41(33-15-7-2-8-16-33)47-45(48-42)36-19-11-4-12-20-36/h1-30H. The number of pyridine rings is 1. The number of hydrogen-bond donors (Lipinski definition) is 0. The van der Waals surface area contributed by atoms with Crippen LogP contribution in [0.2, 0.25) is 0 Å². The number of nitrogens with zero attached hydrogens (tertiary/aromatic N) is 4. The van der Waals surface area contributed by atoms with Crippen molar-refractivity contribution < 1.29 is 0 Å². The molecule has 0 saturated heterocycles. The van der Waals surface area contributed by atoms with Crippen LogP contribution in [0.5, 0.6) is 0 Å². The van der Waals surface area contributed by atoms with Crippen molar-refractivity contribution in [2.45, 2.75) is 0 Å².